The predicted molar refractivity (Wildman–Crippen MR) is 43.0 cm³/mol. The lowest BCUT2D eigenvalue weighted by Crippen LogP contribution is -2.07. The lowest BCUT2D eigenvalue weighted by atomic mass is 10.1. The van der Waals surface area contributed by atoms with Crippen LogP contribution in [0.1, 0.15) is 30.2 Å². The largest absolute Gasteiger partial charge is 0.445 e. The van der Waals surface area contributed by atoms with Crippen molar-refractivity contribution in [1.29, 1.82) is 0 Å². The summed E-state index contributed by atoms with van der Waals surface area (Å²) in [5, 5.41) is 0. The van der Waals surface area contributed by atoms with Gasteiger partial charge in [0.2, 0.25) is 5.89 Å². The van der Waals surface area contributed by atoms with Crippen molar-refractivity contribution in [2.75, 3.05) is 0 Å². The maximum Gasteiger partial charge on any atom is 0.208 e. The molecule has 0 atom stereocenters. The van der Waals surface area contributed by atoms with E-state index in [-0.39, 0.29) is 5.41 Å². The Balaban J connectivity index is 2.41. The molecule has 3 heteroatoms. The molecule has 0 aliphatic heterocycles. The van der Waals surface area contributed by atoms with Crippen LogP contribution in [0, 0.1) is 13.8 Å². The van der Waals surface area contributed by atoms with Gasteiger partial charge in [0.15, 0.2) is 0 Å². The minimum atomic E-state index is -0.362. The molecular formula is C9H11NO2. The van der Waals surface area contributed by atoms with Crippen LogP contribution in [0.5, 0.6) is 0 Å². The van der Waals surface area contributed by atoms with E-state index in [1.54, 1.807) is 0 Å². The Hall–Kier alpha value is -1.12. The third kappa shape index (κ3) is 0.891. The summed E-state index contributed by atoms with van der Waals surface area (Å²) in [5.74, 6) is 1.42. The van der Waals surface area contributed by atoms with E-state index in [1.807, 2.05) is 13.8 Å². The summed E-state index contributed by atoms with van der Waals surface area (Å²) >= 11 is 0. The first-order valence-electron chi connectivity index (χ1n) is 4.09. The second-order valence-corrected chi connectivity index (χ2v) is 3.43. The molecule has 1 fully saturated rings. The van der Waals surface area contributed by atoms with Crippen LogP contribution in [0.4, 0.5) is 0 Å². The van der Waals surface area contributed by atoms with E-state index in [0.717, 1.165) is 30.6 Å². The third-order valence-corrected chi connectivity index (χ3v) is 2.47. The lowest BCUT2D eigenvalue weighted by molar-refractivity contribution is -0.110. The number of hydrogen-bond acceptors (Lipinski definition) is 3. The van der Waals surface area contributed by atoms with Crippen molar-refractivity contribution < 1.29 is 9.21 Å². The highest BCUT2D eigenvalue weighted by Gasteiger charge is 2.49. The molecule has 0 bridgehead atoms. The molecule has 0 saturated heterocycles. The number of aldehydes is 1. The molecular weight excluding hydrogens is 154 g/mol. The topological polar surface area (TPSA) is 43.1 Å². The number of carbonyl (C=O) groups is 1. The first-order valence-corrected chi connectivity index (χ1v) is 4.09. The van der Waals surface area contributed by atoms with Gasteiger partial charge in [-0.3, -0.25) is 0 Å². The number of aryl methyl sites for hydroxylation is 2. The van der Waals surface area contributed by atoms with Gasteiger partial charge in [-0.05, 0) is 26.7 Å². The minimum absolute atomic E-state index is 0.362. The molecule has 64 valence electrons. The number of hydrogen-bond donors (Lipinski definition) is 0. The van der Waals surface area contributed by atoms with Crippen LogP contribution in [0.3, 0.4) is 0 Å². The van der Waals surface area contributed by atoms with Crippen LogP contribution >= 0.6 is 0 Å². The van der Waals surface area contributed by atoms with E-state index in [4.69, 9.17) is 4.42 Å². The fourth-order valence-electron chi connectivity index (χ4n) is 1.20. The minimum Gasteiger partial charge on any atom is -0.445 e. The first kappa shape index (κ1) is 7.53. The van der Waals surface area contributed by atoms with Crippen molar-refractivity contribution in [2.45, 2.75) is 32.1 Å². The second-order valence-electron chi connectivity index (χ2n) is 3.43. The highest BCUT2D eigenvalue weighted by Crippen LogP contribution is 2.45. The van der Waals surface area contributed by atoms with Gasteiger partial charge in [0, 0.05) is 0 Å². The van der Waals surface area contributed by atoms with E-state index < -0.39 is 0 Å². The first-order chi connectivity index (χ1) is 5.68. The van der Waals surface area contributed by atoms with Crippen molar-refractivity contribution in [1.82, 2.24) is 4.98 Å². The molecule has 1 aromatic heterocycles. The second kappa shape index (κ2) is 2.19. The van der Waals surface area contributed by atoms with Crippen LogP contribution in [-0.4, -0.2) is 11.3 Å². The number of oxazole rings is 1. The molecule has 0 amide bonds. The van der Waals surface area contributed by atoms with E-state index >= 15 is 0 Å². The number of aromatic nitrogens is 1. The number of carbonyl (C=O) groups excluding carboxylic acids is 1. The molecule has 0 radical (unpaired) electrons. The fraction of sp³-hybridized carbons (Fsp3) is 0.556. The summed E-state index contributed by atoms with van der Waals surface area (Å²) in [6, 6.07) is 0. The quantitative estimate of drug-likeness (QED) is 0.624. The Morgan fingerprint density at radius 2 is 2.17 bits per heavy atom. The van der Waals surface area contributed by atoms with E-state index in [9.17, 15) is 4.79 Å². The van der Waals surface area contributed by atoms with Crippen molar-refractivity contribution in [3.05, 3.63) is 17.3 Å². The lowest BCUT2D eigenvalue weighted by Gasteiger charge is -1.97. The number of nitrogens with zero attached hydrogens (tertiary/aromatic N) is 1. The zero-order valence-corrected chi connectivity index (χ0v) is 7.26. The summed E-state index contributed by atoms with van der Waals surface area (Å²) in [7, 11) is 0. The van der Waals surface area contributed by atoms with E-state index in [2.05, 4.69) is 4.98 Å². The van der Waals surface area contributed by atoms with Crippen LogP contribution in [0.25, 0.3) is 0 Å². The average Bonchev–Trinajstić information content (AvgIpc) is 2.77. The molecule has 1 heterocycles. The molecule has 1 aromatic rings. The van der Waals surface area contributed by atoms with Crippen LogP contribution in [-0.2, 0) is 10.2 Å². The zero-order chi connectivity index (χ0) is 8.77. The maximum atomic E-state index is 10.7. The van der Waals surface area contributed by atoms with Gasteiger partial charge in [-0.2, -0.15) is 0 Å². The van der Waals surface area contributed by atoms with Crippen LogP contribution < -0.4 is 0 Å². The molecule has 3 nitrogen and oxygen atoms in total. The van der Waals surface area contributed by atoms with Gasteiger partial charge >= 0.3 is 0 Å². The van der Waals surface area contributed by atoms with E-state index in [1.165, 1.54) is 0 Å². The van der Waals surface area contributed by atoms with Crippen molar-refractivity contribution in [3.8, 4) is 0 Å². The Labute approximate surface area is 70.8 Å². The monoisotopic (exact) mass is 165 g/mol. The molecule has 0 spiro atoms. The molecule has 1 aliphatic carbocycles. The molecule has 0 N–H and O–H groups in total. The Kier molecular flexibility index (Phi) is 1.37. The van der Waals surface area contributed by atoms with Gasteiger partial charge in [-0.1, -0.05) is 0 Å². The maximum absolute atomic E-state index is 10.7. The zero-order valence-electron chi connectivity index (χ0n) is 7.26. The molecule has 1 aliphatic rings. The predicted octanol–water partition coefficient (Wildman–Crippen LogP) is 1.52. The highest BCUT2D eigenvalue weighted by atomic mass is 16.4. The Bertz CT molecular complexity index is 304. The molecule has 12 heavy (non-hydrogen) atoms. The SMILES string of the molecule is Cc1nc(C2(C=O)CC2)oc1C. The highest BCUT2D eigenvalue weighted by molar-refractivity contribution is 5.70. The Morgan fingerprint density at radius 3 is 2.50 bits per heavy atom. The summed E-state index contributed by atoms with van der Waals surface area (Å²) in [6.07, 6.45) is 2.73. The molecule has 2 rings (SSSR count). The van der Waals surface area contributed by atoms with Gasteiger partial charge in [0.25, 0.3) is 0 Å². The summed E-state index contributed by atoms with van der Waals surface area (Å²) < 4.78 is 5.39. The smallest absolute Gasteiger partial charge is 0.208 e. The summed E-state index contributed by atoms with van der Waals surface area (Å²) in [6.45, 7) is 3.76. The van der Waals surface area contributed by atoms with Crippen molar-refractivity contribution >= 4 is 6.29 Å². The van der Waals surface area contributed by atoms with Gasteiger partial charge < -0.3 is 9.21 Å². The van der Waals surface area contributed by atoms with Crippen LogP contribution in [0.15, 0.2) is 4.42 Å². The molecule has 0 unspecified atom stereocenters. The summed E-state index contributed by atoms with van der Waals surface area (Å²) in [4.78, 5) is 14.9. The number of rotatable bonds is 2. The molecule has 1 saturated carbocycles. The van der Waals surface area contributed by atoms with E-state index in [0.29, 0.717) is 5.89 Å². The van der Waals surface area contributed by atoms with Gasteiger partial charge in [-0.25, -0.2) is 4.98 Å². The van der Waals surface area contributed by atoms with Gasteiger partial charge in [0.05, 0.1) is 5.69 Å². The average molecular weight is 165 g/mol. The van der Waals surface area contributed by atoms with Crippen LogP contribution in [0.2, 0.25) is 0 Å². The molecule has 0 aromatic carbocycles. The van der Waals surface area contributed by atoms with Gasteiger partial charge in [-0.15, -0.1) is 0 Å². The summed E-state index contributed by atoms with van der Waals surface area (Å²) in [5.41, 5.74) is 0.525. The fourth-order valence-corrected chi connectivity index (χ4v) is 1.20. The normalized spacial score (nSPS) is 19.2. The standard InChI is InChI=1S/C9H11NO2/c1-6-7(2)12-8(10-6)9(5-11)3-4-9/h5H,3-4H2,1-2H3. The van der Waals surface area contributed by atoms with Crippen molar-refractivity contribution in [3.63, 3.8) is 0 Å². The Morgan fingerprint density at radius 1 is 1.50 bits per heavy atom. The van der Waals surface area contributed by atoms with Gasteiger partial charge in [0.1, 0.15) is 17.5 Å². The third-order valence-electron chi connectivity index (χ3n) is 2.47. The van der Waals surface area contributed by atoms with Crippen molar-refractivity contribution in [2.24, 2.45) is 0 Å².